The van der Waals surface area contributed by atoms with Crippen molar-refractivity contribution < 1.29 is 13.2 Å². The number of carbonyl (C=O) groups is 1. The Kier molecular flexibility index (Phi) is 6.17. The van der Waals surface area contributed by atoms with Crippen LogP contribution in [-0.4, -0.2) is 54.8 Å². The molecule has 0 radical (unpaired) electrons. The summed E-state index contributed by atoms with van der Waals surface area (Å²) in [6.07, 6.45) is 4.89. The van der Waals surface area contributed by atoms with Gasteiger partial charge in [0.05, 0.1) is 11.1 Å². The molecule has 10 heteroatoms. The van der Waals surface area contributed by atoms with E-state index in [1.54, 1.807) is 55.0 Å². The molecule has 0 saturated carbocycles. The predicted octanol–water partition coefficient (Wildman–Crippen LogP) is 2.89. The number of piperazine rings is 1. The summed E-state index contributed by atoms with van der Waals surface area (Å²) >= 11 is 5.92. The van der Waals surface area contributed by atoms with E-state index in [1.165, 1.54) is 16.4 Å². The van der Waals surface area contributed by atoms with Crippen molar-refractivity contribution in [2.24, 2.45) is 0 Å². The number of nitrogens with one attached hydrogen (secondary N) is 1. The Hall–Kier alpha value is -3.01. The van der Waals surface area contributed by atoms with Crippen LogP contribution in [0.15, 0.2) is 72.0 Å². The maximum absolute atomic E-state index is 13.0. The van der Waals surface area contributed by atoms with Crippen molar-refractivity contribution in [3.8, 4) is 0 Å². The summed E-state index contributed by atoms with van der Waals surface area (Å²) in [6, 6.07) is 12.7. The van der Waals surface area contributed by atoms with E-state index in [9.17, 15) is 13.2 Å². The van der Waals surface area contributed by atoms with Crippen LogP contribution in [0.5, 0.6) is 0 Å². The van der Waals surface area contributed by atoms with Gasteiger partial charge in [-0.25, -0.2) is 13.4 Å². The molecule has 8 nitrogen and oxygen atoms in total. The van der Waals surface area contributed by atoms with E-state index in [4.69, 9.17) is 11.6 Å². The Balaban J connectivity index is 1.40. The lowest BCUT2D eigenvalue weighted by atomic mass is 10.2. The van der Waals surface area contributed by atoms with Gasteiger partial charge in [-0.1, -0.05) is 17.7 Å². The summed E-state index contributed by atoms with van der Waals surface area (Å²) in [5.41, 5.74) is 0.918. The Morgan fingerprint density at radius 2 is 1.74 bits per heavy atom. The molecular weight excluding hydrogens is 438 g/mol. The molecule has 1 saturated heterocycles. The minimum atomic E-state index is -3.63. The van der Waals surface area contributed by atoms with Gasteiger partial charge in [-0.15, -0.1) is 0 Å². The van der Waals surface area contributed by atoms with E-state index in [0.29, 0.717) is 42.5 Å². The zero-order chi connectivity index (χ0) is 21.8. The largest absolute Gasteiger partial charge is 0.353 e. The van der Waals surface area contributed by atoms with Crippen molar-refractivity contribution in [1.29, 1.82) is 0 Å². The number of halogens is 1. The molecule has 0 bridgehead atoms. The van der Waals surface area contributed by atoms with E-state index < -0.39 is 10.0 Å². The first-order chi connectivity index (χ1) is 14.9. The number of hydrogen-bond donors (Lipinski definition) is 1. The first-order valence-electron chi connectivity index (χ1n) is 9.61. The zero-order valence-corrected chi connectivity index (χ0v) is 18.1. The van der Waals surface area contributed by atoms with Gasteiger partial charge >= 0.3 is 0 Å². The van der Waals surface area contributed by atoms with E-state index >= 15 is 0 Å². The van der Waals surface area contributed by atoms with Gasteiger partial charge < -0.3 is 10.2 Å². The highest BCUT2D eigenvalue weighted by Gasteiger charge is 2.29. The van der Waals surface area contributed by atoms with E-state index in [-0.39, 0.29) is 10.8 Å². The average molecular weight is 458 g/mol. The number of nitrogens with zero attached hydrogens (tertiary/aromatic N) is 4. The van der Waals surface area contributed by atoms with Gasteiger partial charge in [0.25, 0.3) is 5.91 Å². The molecule has 0 unspecified atom stereocenters. The van der Waals surface area contributed by atoms with Crippen LogP contribution in [-0.2, 0) is 10.0 Å². The molecule has 4 rings (SSSR count). The van der Waals surface area contributed by atoms with Gasteiger partial charge in [0.15, 0.2) is 0 Å². The van der Waals surface area contributed by atoms with Crippen molar-refractivity contribution in [2.45, 2.75) is 4.90 Å². The summed E-state index contributed by atoms with van der Waals surface area (Å²) in [6.45, 7) is 1.77. The lowest BCUT2D eigenvalue weighted by Gasteiger charge is -2.34. The number of carbonyl (C=O) groups excluding carboxylic acids is 1. The fourth-order valence-corrected chi connectivity index (χ4v) is 4.92. The van der Waals surface area contributed by atoms with Crippen LogP contribution < -0.4 is 10.2 Å². The van der Waals surface area contributed by atoms with Crippen LogP contribution in [0.1, 0.15) is 10.4 Å². The number of anilines is 2. The van der Waals surface area contributed by atoms with Crippen molar-refractivity contribution >= 4 is 39.0 Å². The number of rotatable bonds is 5. The van der Waals surface area contributed by atoms with Crippen molar-refractivity contribution in [3.63, 3.8) is 0 Å². The van der Waals surface area contributed by atoms with Crippen LogP contribution in [0.2, 0.25) is 5.02 Å². The lowest BCUT2D eigenvalue weighted by Crippen LogP contribution is -2.48. The summed E-state index contributed by atoms with van der Waals surface area (Å²) in [4.78, 5) is 22.8. The molecule has 1 aromatic heterocycles. The van der Waals surface area contributed by atoms with Crippen LogP contribution in [0.25, 0.3) is 0 Å². The molecule has 2 aromatic carbocycles. The van der Waals surface area contributed by atoms with Crippen LogP contribution >= 0.6 is 11.6 Å². The van der Waals surface area contributed by atoms with E-state index in [1.807, 2.05) is 4.90 Å². The summed E-state index contributed by atoms with van der Waals surface area (Å²) in [7, 11) is -3.63. The number of hydrogen-bond acceptors (Lipinski definition) is 6. The summed E-state index contributed by atoms with van der Waals surface area (Å²) in [5, 5.41) is 3.21. The Labute approximate surface area is 185 Å². The molecule has 0 spiro atoms. The van der Waals surface area contributed by atoms with Crippen molar-refractivity contribution in [1.82, 2.24) is 14.3 Å². The zero-order valence-electron chi connectivity index (χ0n) is 16.5. The fourth-order valence-electron chi connectivity index (χ4n) is 3.30. The van der Waals surface area contributed by atoms with Crippen molar-refractivity contribution in [3.05, 3.63) is 77.7 Å². The second-order valence-corrected chi connectivity index (χ2v) is 9.32. The molecule has 2 heterocycles. The SMILES string of the molecule is O=C(Nc1ccc(S(=O)(=O)N2CCN(c3cnccn3)CC2)cc1)c1cccc(Cl)c1. The van der Waals surface area contributed by atoms with Gasteiger partial charge in [-0.05, 0) is 42.5 Å². The first kappa shape index (κ1) is 21.2. The first-order valence-corrected chi connectivity index (χ1v) is 11.4. The number of aromatic nitrogens is 2. The van der Waals surface area contributed by atoms with Crippen molar-refractivity contribution in [2.75, 3.05) is 36.4 Å². The predicted molar refractivity (Wildman–Crippen MR) is 119 cm³/mol. The molecule has 1 aliphatic heterocycles. The number of amides is 1. The molecule has 160 valence electrons. The number of benzene rings is 2. The molecular formula is C21H20ClN5O3S. The molecule has 0 aliphatic carbocycles. The summed E-state index contributed by atoms with van der Waals surface area (Å²) < 4.78 is 27.5. The molecule has 31 heavy (non-hydrogen) atoms. The second kappa shape index (κ2) is 9.01. The minimum Gasteiger partial charge on any atom is -0.353 e. The lowest BCUT2D eigenvalue weighted by molar-refractivity contribution is 0.102. The van der Waals surface area contributed by atoms with Gasteiger partial charge in [-0.3, -0.25) is 9.78 Å². The van der Waals surface area contributed by atoms with Gasteiger partial charge in [0.2, 0.25) is 10.0 Å². The highest BCUT2D eigenvalue weighted by Crippen LogP contribution is 2.22. The second-order valence-electron chi connectivity index (χ2n) is 6.94. The normalized spacial score (nSPS) is 14.9. The third-order valence-electron chi connectivity index (χ3n) is 4.95. The topological polar surface area (TPSA) is 95.5 Å². The Bertz CT molecular complexity index is 1170. The van der Waals surface area contributed by atoms with Gasteiger partial charge in [0.1, 0.15) is 5.82 Å². The third-order valence-corrected chi connectivity index (χ3v) is 7.10. The fraction of sp³-hybridized carbons (Fsp3) is 0.190. The number of sulfonamides is 1. The third kappa shape index (κ3) is 4.84. The molecule has 0 atom stereocenters. The molecule has 1 fully saturated rings. The van der Waals surface area contributed by atoms with Gasteiger partial charge in [-0.2, -0.15) is 4.31 Å². The maximum atomic E-state index is 13.0. The van der Waals surface area contributed by atoms with E-state index in [2.05, 4.69) is 15.3 Å². The average Bonchev–Trinajstić information content (AvgIpc) is 2.80. The Morgan fingerprint density at radius 3 is 2.39 bits per heavy atom. The smallest absolute Gasteiger partial charge is 0.255 e. The molecule has 1 N–H and O–H groups in total. The van der Waals surface area contributed by atoms with E-state index in [0.717, 1.165) is 5.82 Å². The molecule has 1 amide bonds. The van der Waals surface area contributed by atoms with Crippen LogP contribution in [0, 0.1) is 0 Å². The molecule has 3 aromatic rings. The summed E-state index contributed by atoms with van der Waals surface area (Å²) in [5.74, 6) is 0.414. The monoisotopic (exact) mass is 457 g/mol. The minimum absolute atomic E-state index is 0.182. The van der Waals surface area contributed by atoms with Crippen LogP contribution in [0.4, 0.5) is 11.5 Å². The molecule has 1 aliphatic rings. The highest BCUT2D eigenvalue weighted by atomic mass is 35.5. The standard InChI is InChI=1S/C21H20ClN5O3S/c22-17-3-1-2-16(14-17)21(28)25-18-4-6-19(7-5-18)31(29,30)27-12-10-26(11-13-27)20-15-23-8-9-24-20/h1-9,14-15H,10-13H2,(H,25,28). The van der Waals surface area contributed by atoms with Crippen LogP contribution in [0.3, 0.4) is 0 Å². The van der Waals surface area contributed by atoms with Gasteiger partial charge in [0, 0.05) is 54.8 Å². The quantitative estimate of drug-likeness (QED) is 0.633. The highest BCUT2D eigenvalue weighted by molar-refractivity contribution is 7.89. The maximum Gasteiger partial charge on any atom is 0.255 e. The Morgan fingerprint density at radius 1 is 1.00 bits per heavy atom.